The molecule has 0 amide bonds. The van der Waals surface area contributed by atoms with Crippen molar-refractivity contribution in [1.82, 2.24) is 18.7 Å². The van der Waals surface area contributed by atoms with Crippen LogP contribution in [-0.2, 0) is 37.3 Å². The maximum absolute atomic E-state index is 10.5. The number of aromatic nitrogens is 5. The van der Waals surface area contributed by atoms with Crippen molar-refractivity contribution in [3.05, 3.63) is 253 Å². The van der Waals surface area contributed by atoms with Crippen molar-refractivity contribution in [2.24, 2.45) is 0 Å². The van der Waals surface area contributed by atoms with Gasteiger partial charge in [0.15, 0.2) is 0 Å². The molecule has 0 fully saturated rings. The summed E-state index contributed by atoms with van der Waals surface area (Å²) in [5, 5.41) is 3.22. The van der Waals surface area contributed by atoms with E-state index in [9.17, 15) is 20.6 Å². The van der Waals surface area contributed by atoms with Crippen molar-refractivity contribution in [3.8, 4) is 78.9 Å². The van der Waals surface area contributed by atoms with Crippen LogP contribution in [0.3, 0.4) is 0 Å². The summed E-state index contributed by atoms with van der Waals surface area (Å²) in [6, 6.07) is 37.8. The predicted molar refractivity (Wildman–Crippen MR) is 344 cm³/mol. The van der Waals surface area contributed by atoms with Crippen molar-refractivity contribution in [1.29, 1.82) is 0 Å². The van der Waals surface area contributed by atoms with Crippen LogP contribution in [0, 0.1) is 18.5 Å². The van der Waals surface area contributed by atoms with Gasteiger partial charge in [-0.3, -0.25) is 4.57 Å². The Hall–Kier alpha value is -9.09. The quantitative estimate of drug-likeness (QED) is 0.123. The van der Waals surface area contributed by atoms with Crippen LogP contribution >= 0.6 is 0 Å². The van der Waals surface area contributed by atoms with Gasteiger partial charge in [-0.1, -0.05) is 193 Å². The molecular formula is C78H61N5OPt-2. The van der Waals surface area contributed by atoms with Crippen molar-refractivity contribution in [2.45, 2.75) is 77.2 Å². The molecular weight excluding hydrogens is 1220 g/mol. The van der Waals surface area contributed by atoms with Gasteiger partial charge >= 0.3 is 0 Å². The summed E-state index contributed by atoms with van der Waals surface area (Å²) in [6.07, 6.45) is -4.15. The molecule has 0 atom stereocenters. The first kappa shape index (κ1) is 31.2. The summed E-state index contributed by atoms with van der Waals surface area (Å²) in [5.41, 5.74) is -12.8. The molecule has 2 aliphatic rings. The fourth-order valence-electron chi connectivity index (χ4n) is 12.0. The van der Waals surface area contributed by atoms with Crippen molar-refractivity contribution in [2.75, 3.05) is 0 Å². The molecule has 85 heavy (non-hydrogen) atoms. The van der Waals surface area contributed by atoms with Crippen LogP contribution in [0.25, 0.3) is 122 Å². The van der Waals surface area contributed by atoms with E-state index < -0.39 is 156 Å². The maximum Gasteiger partial charge on any atom is 0.268 e. The van der Waals surface area contributed by atoms with E-state index in [0.29, 0.717) is 22.4 Å². The Morgan fingerprint density at radius 2 is 1.18 bits per heavy atom. The summed E-state index contributed by atoms with van der Waals surface area (Å²) in [4.78, 5) is 4.82. The Kier molecular flexibility index (Phi) is 7.14. The number of rotatable bonds is 6. The number of pyridine rings is 1. The molecule has 16 rings (SSSR count). The number of benzene rings is 10. The third kappa shape index (κ3) is 8.31. The van der Waals surface area contributed by atoms with Crippen molar-refractivity contribution in [3.63, 3.8) is 0 Å². The van der Waals surface area contributed by atoms with E-state index in [4.69, 9.17) is 26.2 Å². The van der Waals surface area contributed by atoms with Crippen molar-refractivity contribution < 1.29 is 67.4 Å². The van der Waals surface area contributed by atoms with Crippen LogP contribution in [-0.4, -0.2) is 18.7 Å². The minimum absolute atomic E-state index is 0. The first-order valence-corrected chi connectivity index (χ1v) is 27.1. The van der Waals surface area contributed by atoms with Gasteiger partial charge in [-0.25, -0.2) is 4.98 Å². The molecule has 0 bridgehead atoms. The van der Waals surface area contributed by atoms with Crippen molar-refractivity contribution >= 4 is 54.6 Å². The molecule has 6 nitrogen and oxygen atoms in total. The Balaban J connectivity index is 0.00000992. The molecule has 14 aromatic rings. The molecule has 1 aliphatic heterocycles. The summed E-state index contributed by atoms with van der Waals surface area (Å²) in [7, 11) is 0. The normalized spacial score (nSPS) is 20.4. The van der Waals surface area contributed by atoms with Gasteiger partial charge in [-0.15, -0.1) is 29.7 Å². The van der Waals surface area contributed by atoms with Crippen LogP contribution in [0.1, 0.15) is 115 Å². The van der Waals surface area contributed by atoms with Gasteiger partial charge in [0.25, 0.3) is 6.33 Å². The molecule has 1 aliphatic carbocycles. The molecule has 0 N–H and O–H groups in total. The van der Waals surface area contributed by atoms with Gasteiger partial charge in [0.1, 0.15) is 5.82 Å². The van der Waals surface area contributed by atoms with E-state index in [1.165, 1.54) is 15.2 Å². The number of fused-ring (bicyclic) bond motifs is 14. The Labute approximate surface area is 548 Å². The summed E-state index contributed by atoms with van der Waals surface area (Å²) < 4.78 is 269. The van der Waals surface area contributed by atoms with Gasteiger partial charge in [0, 0.05) is 77.0 Å². The zero-order valence-electron chi connectivity index (χ0n) is 72.4. The Bertz CT molecular complexity index is 6330. The third-order valence-electron chi connectivity index (χ3n) is 15.9. The van der Waals surface area contributed by atoms with E-state index in [0.717, 1.165) is 38.7 Å². The molecule has 10 aromatic carbocycles. The second-order valence-electron chi connectivity index (χ2n) is 22.0. The van der Waals surface area contributed by atoms with Crippen LogP contribution in [0.5, 0.6) is 11.5 Å². The largest absolute Gasteiger partial charge is 0.510 e. The number of nitrogens with zero attached hydrogens (tertiary/aromatic N) is 5. The molecule has 5 heterocycles. The van der Waals surface area contributed by atoms with E-state index >= 15 is 0 Å². The Morgan fingerprint density at radius 1 is 0.565 bits per heavy atom. The van der Waals surface area contributed by atoms with E-state index in [-0.39, 0.29) is 82.8 Å². The average molecular weight is 1310 g/mol. The average Bonchev–Trinajstić information content (AvgIpc) is 0.673. The van der Waals surface area contributed by atoms with E-state index in [1.807, 2.05) is 100 Å². The number of hydrogen-bond acceptors (Lipinski definition) is 2. The van der Waals surface area contributed by atoms with Crippen LogP contribution in [0.2, 0.25) is 0 Å². The number of ether oxygens (including phenoxy) is 1. The molecule has 4 aromatic heterocycles. The topological polar surface area (TPSA) is 40.8 Å². The summed E-state index contributed by atoms with van der Waals surface area (Å²) >= 11 is 0. The second kappa shape index (κ2) is 19.5. The predicted octanol–water partition coefficient (Wildman–Crippen LogP) is 19.3. The summed E-state index contributed by atoms with van der Waals surface area (Å²) in [6.45, 7) is -11.4. The van der Waals surface area contributed by atoms with Crippen LogP contribution in [0.4, 0.5) is 0 Å². The maximum atomic E-state index is 10.5. The number of hydrogen-bond donors (Lipinski definition) is 0. The number of imidazole rings is 1. The molecule has 0 unspecified atom stereocenters. The standard InChI is InChI=1S/C78H61N5O.Pt/c1-76(2,3)51-38-41-79-73(45-51)83-69-32-17-14-28-61(69)62-36-35-54(47-71(62)83)84-53-21-18-20-52(46-53)80-48-81-74-63(29-19-33-70(74)82-67-30-15-12-26-59(67)60-27-13-16-31-68(60)82)57-24-10-8-22-55(57)56-23-9-11-25-58(56)64-42-50(44-72(80)75(64)81)49-34-37-65-66(43-49)78(6,7)40-39-77(65,4)5;/h8-38,41-45H,39-40H2,1-7H3;/q-2;/i4D3,5D3,6D3,7D3,8D,9D,10D,11D,22D,23D,24D,25D,34D,37D,39D2,40D2,43D;. The SMILES string of the molecule is [2H]c1c([2H])c([2H])c2c(c1[2H])-c1cccc(-n3c4ccccc4c4ccccc43)c1-[n+]1[c-]n(-c3[c-]c(Oc4[c-]c5c(cc4)c4ccccc4n5-c4cc(C(C)(C)C)ccn4)ccc3)c3cc(-c4c([2H])c([2H])c5c(c4[2H])C(C([2H])([2H])[2H])(C([2H])([2H])[2H])C([2H])([2H])C([2H])([2H])C5(C([2H])([2H])[2H])C([2H])([2H])[2H])cc(c31)-c1c([2H])c([2H])c([2H])c([2H])c1-2.[Pt]. The fraction of sp³-hybridized carbons (Fsp3) is 0.154. The molecule has 0 spiro atoms. The minimum atomic E-state index is -4.70. The van der Waals surface area contributed by atoms with Gasteiger partial charge in [0.05, 0.1) is 48.5 Å². The third-order valence-corrected chi connectivity index (χ3v) is 15.9. The zero-order valence-corrected chi connectivity index (χ0v) is 47.7. The fourth-order valence-corrected chi connectivity index (χ4v) is 12.0. The van der Waals surface area contributed by atoms with Crippen LogP contribution < -0.4 is 9.30 Å². The van der Waals surface area contributed by atoms with Gasteiger partial charge in [0.2, 0.25) is 0 Å². The smallest absolute Gasteiger partial charge is 0.268 e. The van der Waals surface area contributed by atoms with E-state index in [1.54, 1.807) is 48.7 Å². The minimum Gasteiger partial charge on any atom is -0.510 e. The monoisotopic (exact) mass is 1310 g/mol. The number of para-hydroxylation sites is 4. The van der Waals surface area contributed by atoms with Crippen LogP contribution in [0.15, 0.2) is 218 Å². The molecule has 0 saturated carbocycles. The zero-order chi connectivity index (χ0) is 80.0. The summed E-state index contributed by atoms with van der Waals surface area (Å²) in [5.74, 6) is 0.807. The van der Waals surface area contributed by atoms with Gasteiger partial charge in [-0.05, 0) is 144 Å². The second-order valence-corrected chi connectivity index (χ2v) is 22.0. The van der Waals surface area contributed by atoms with E-state index in [2.05, 4.69) is 39.2 Å². The first-order chi connectivity index (χ1) is 51.9. The van der Waals surface area contributed by atoms with Gasteiger partial charge < -0.3 is 18.4 Å². The molecule has 0 saturated heterocycles. The molecule has 7 heteroatoms. The molecule has 0 radical (unpaired) electrons. The van der Waals surface area contributed by atoms with Gasteiger partial charge in [-0.2, -0.15) is 18.2 Å². The first-order valence-electron chi connectivity index (χ1n) is 40.6. The Morgan fingerprint density at radius 3 is 1.86 bits per heavy atom. The molecule has 416 valence electrons.